The summed E-state index contributed by atoms with van der Waals surface area (Å²) < 4.78 is 5.45. The minimum absolute atomic E-state index is 0.142. The Labute approximate surface area is 207 Å². The van der Waals surface area contributed by atoms with Crippen LogP contribution in [0.3, 0.4) is 0 Å². The van der Waals surface area contributed by atoms with Crippen molar-refractivity contribution in [3.05, 3.63) is 29.5 Å². The second-order valence-electron chi connectivity index (χ2n) is 10.5. The molecule has 2 aromatic rings. The summed E-state index contributed by atoms with van der Waals surface area (Å²) in [5, 5.41) is 14.5. The van der Waals surface area contributed by atoms with Gasteiger partial charge in [0.2, 0.25) is 5.91 Å². The second-order valence-corrected chi connectivity index (χ2v) is 10.5. The summed E-state index contributed by atoms with van der Waals surface area (Å²) in [5.74, 6) is 1.25. The van der Waals surface area contributed by atoms with E-state index >= 15 is 0 Å². The Balaban J connectivity index is 1.52. The van der Waals surface area contributed by atoms with Crippen LogP contribution in [0.25, 0.3) is 10.9 Å². The quantitative estimate of drug-likeness (QED) is 0.605. The predicted octanol–water partition coefficient (Wildman–Crippen LogP) is 3.70. The van der Waals surface area contributed by atoms with Crippen LogP contribution in [-0.2, 0) is 10.2 Å². The van der Waals surface area contributed by atoms with E-state index in [2.05, 4.69) is 21.3 Å². The number of urea groups is 1. The standard InChI is InChI=1S/C27H38N4O4/c1-3-12-28-26(34)31-17-27(10-13-30(14-11-27)25(33)18-6-4-5-7-18)23-20-9-8-19(35-2)15-21(20)29-24(23)22(31)16-32/h8-9,15,18,22,29,32H,3-7,10-14,16-17H2,1-2H3,(H,28,34)/t22-/m1/s1. The van der Waals surface area contributed by atoms with Crippen molar-refractivity contribution in [3.8, 4) is 5.75 Å². The molecule has 190 valence electrons. The highest BCUT2D eigenvalue weighted by Gasteiger charge is 2.49. The first-order valence-electron chi connectivity index (χ1n) is 13.2. The number of hydrogen-bond donors (Lipinski definition) is 3. The number of amides is 3. The molecule has 0 unspecified atom stereocenters. The Kier molecular flexibility index (Phi) is 6.66. The second kappa shape index (κ2) is 9.72. The number of likely N-dealkylation sites (tertiary alicyclic amines) is 1. The van der Waals surface area contributed by atoms with Crippen LogP contribution < -0.4 is 10.1 Å². The molecule has 8 heteroatoms. The fourth-order valence-corrected chi connectivity index (χ4v) is 6.55. The zero-order chi connectivity index (χ0) is 24.6. The van der Waals surface area contributed by atoms with E-state index in [4.69, 9.17) is 4.74 Å². The Bertz CT molecular complexity index is 1080. The van der Waals surface area contributed by atoms with E-state index in [0.29, 0.717) is 32.1 Å². The average Bonchev–Trinajstić information content (AvgIpc) is 3.55. The molecule has 3 amide bonds. The Morgan fingerprint density at radius 2 is 1.97 bits per heavy atom. The van der Waals surface area contributed by atoms with E-state index in [-0.39, 0.29) is 24.0 Å². The predicted molar refractivity (Wildman–Crippen MR) is 135 cm³/mol. The van der Waals surface area contributed by atoms with E-state index in [1.54, 1.807) is 12.0 Å². The molecular weight excluding hydrogens is 444 g/mol. The van der Waals surface area contributed by atoms with Gasteiger partial charge in [-0.3, -0.25) is 4.79 Å². The van der Waals surface area contributed by atoms with Crippen molar-refractivity contribution in [1.29, 1.82) is 0 Å². The third-order valence-electron chi connectivity index (χ3n) is 8.44. The zero-order valence-corrected chi connectivity index (χ0v) is 20.9. The van der Waals surface area contributed by atoms with Gasteiger partial charge in [-0.2, -0.15) is 0 Å². The van der Waals surface area contributed by atoms with Gasteiger partial charge in [0, 0.05) is 60.2 Å². The summed E-state index contributed by atoms with van der Waals surface area (Å²) in [5.41, 5.74) is 2.78. The number of ether oxygens (including phenoxy) is 1. The number of carbonyl (C=O) groups is 2. The van der Waals surface area contributed by atoms with Gasteiger partial charge in [-0.05, 0) is 49.8 Å². The topological polar surface area (TPSA) is 97.9 Å². The molecular formula is C27H38N4O4. The number of fused-ring (bicyclic) bond motifs is 4. The lowest BCUT2D eigenvalue weighted by Gasteiger charge is -2.50. The number of benzene rings is 1. The summed E-state index contributed by atoms with van der Waals surface area (Å²) in [7, 11) is 1.65. The van der Waals surface area contributed by atoms with Crippen molar-refractivity contribution in [2.45, 2.75) is 63.3 Å². The maximum atomic E-state index is 13.2. The summed E-state index contributed by atoms with van der Waals surface area (Å²) >= 11 is 0. The lowest BCUT2D eigenvalue weighted by molar-refractivity contribution is -0.137. The van der Waals surface area contributed by atoms with Crippen molar-refractivity contribution in [1.82, 2.24) is 20.1 Å². The van der Waals surface area contributed by atoms with Gasteiger partial charge in [-0.1, -0.05) is 19.8 Å². The average molecular weight is 483 g/mol. The van der Waals surface area contributed by atoms with Crippen molar-refractivity contribution in [3.63, 3.8) is 0 Å². The summed E-state index contributed by atoms with van der Waals surface area (Å²) in [4.78, 5) is 33.8. The number of aliphatic hydroxyl groups is 1. The first kappa shape index (κ1) is 24.0. The molecule has 2 aliphatic heterocycles. The van der Waals surface area contributed by atoms with Crippen molar-refractivity contribution >= 4 is 22.8 Å². The lowest BCUT2D eigenvalue weighted by Crippen LogP contribution is -2.57. The number of H-pyrrole nitrogens is 1. The van der Waals surface area contributed by atoms with E-state index in [9.17, 15) is 14.7 Å². The van der Waals surface area contributed by atoms with Gasteiger partial charge < -0.3 is 29.9 Å². The molecule has 35 heavy (non-hydrogen) atoms. The van der Waals surface area contributed by atoms with Crippen LogP contribution in [0.2, 0.25) is 0 Å². The molecule has 1 saturated carbocycles. The number of nitrogens with one attached hydrogen (secondary N) is 2. The highest BCUT2D eigenvalue weighted by atomic mass is 16.5. The molecule has 0 bridgehead atoms. The van der Waals surface area contributed by atoms with Gasteiger partial charge in [0.05, 0.1) is 19.8 Å². The molecule has 1 atom stereocenters. The number of methoxy groups -OCH3 is 1. The van der Waals surface area contributed by atoms with Gasteiger partial charge in [0.25, 0.3) is 0 Å². The van der Waals surface area contributed by atoms with E-state index in [0.717, 1.165) is 67.3 Å². The molecule has 1 aromatic carbocycles. The van der Waals surface area contributed by atoms with Crippen LogP contribution in [0, 0.1) is 5.92 Å². The minimum Gasteiger partial charge on any atom is -0.497 e. The summed E-state index contributed by atoms with van der Waals surface area (Å²) in [6.07, 6.45) is 6.78. The molecule has 5 rings (SSSR count). The summed E-state index contributed by atoms with van der Waals surface area (Å²) in [6.45, 7) is 4.41. The summed E-state index contributed by atoms with van der Waals surface area (Å²) in [6, 6.07) is 5.45. The molecule has 1 spiro atoms. The first-order valence-corrected chi connectivity index (χ1v) is 13.2. The number of hydrogen-bond acceptors (Lipinski definition) is 4. The van der Waals surface area contributed by atoms with Crippen LogP contribution in [0.15, 0.2) is 18.2 Å². The SMILES string of the molecule is CCCNC(=O)N1CC2(CCN(C(=O)C3CCCC3)CC2)c2c([nH]c3cc(OC)ccc23)[C@H]1CO. The number of carbonyl (C=O) groups excluding carboxylic acids is 2. The molecule has 1 aromatic heterocycles. The minimum atomic E-state index is -0.441. The molecule has 0 radical (unpaired) electrons. The third kappa shape index (κ3) is 4.15. The molecule has 8 nitrogen and oxygen atoms in total. The van der Waals surface area contributed by atoms with Crippen molar-refractivity contribution in [2.75, 3.05) is 39.9 Å². The Morgan fingerprint density at radius 3 is 2.63 bits per heavy atom. The van der Waals surface area contributed by atoms with Gasteiger partial charge in [-0.25, -0.2) is 4.79 Å². The first-order chi connectivity index (χ1) is 17.0. The highest BCUT2D eigenvalue weighted by molar-refractivity contribution is 5.89. The maximum Gasteiger partial charge on any atom is 0.318 e. The number of nitrogens with zero attached hydrogens (tertiary/aromatic N) is 2. The molecule has 1 aliphatic carbocycles. The lowest BCUT2D eigenvalue weighted by atomic mass is 9.68. The fourth-order valence-electron chi connectivity index (χ4n) is 6.55. The zero-order valence-electron chi connectivity index (χ0n) is 20.9. The smallest absolute Gasteiger partial charge is 0.318 e. The van der Waals surface area contributed by atoms with Crippen LogP contribution in [0.1, 0.15) is 69.2 Å². The Morgan fingerprint density at radius 1 is 1.23 bits per heavy atom. The third-order valence-corrected chi connectivity index (χ3v) is 8.44. The van der Waals surface area contributed by atoms with Crippen molar-refractivity contribution < 1.29 is 19.4 Å². The molecule has 1 saturated heterocycles. The number of piperidine rings is 1. The van der Waals surface area contributed by atoms with Gasteiger partial charge in [-0.15, -0.1) is 0 Å². The van der Waals surface area contributed by atoms with Crippen LogP contribution in [0.5, 0.6) is 5.75 Å². The number of rotatable bonds is 5. The van der Waals surface area contributed by atoms with Crippen LogP contribution >= 0.6 is 0 Å². The Hall–Kier alpha value is -2.74. The van der Waals surface area contributed by atoms with Gasteiger partial charge >= 0.3 is 6.03 Å². The molecule has 3 N–H and O–H groups in total. The van der Waals surface area contributed by atoms with E-state index in [1.165, 1.54) is 5.56 Å². The van der Waals surface area contributed by atoms with Gasteiger partial charge in [0.1, 0.15) is 5.75 Å². The number of aromatic nitrogens is 1. The van der Waals surface area contributed by atoms with E-state index in [1.807, 2.05) is 19.1 Å². The fraction of sp³-hybridized carbons (Fsp3) is 0.630. The molecule has 3 heterocycles. The highest BCUT2D eigenvalue weighted by Crippen LogP contribution is 2.49. The monoisotopic (exact) mass is 482 g/mol. The molecule has 2 fully saturated rings. The maximum absolute atomic E-state index is 13.2. The van der Waals surface area contributed by atoms with Crippen molar-refractivity contribution in [2.24, 2.45) is 5.92 Å². The normalized spacial score (nSPS) is 22.0. The van der Waals surface area contributed by atoms with Crippen LogP contribution in [-0.4, -0.2) is 71.7 Å². The van der Waals surface area contributed by atoms with E-state index < -0.39 is 6.04 Å². The van der Waals surface area contributed by atoms with Crippen LogP contribution in [0.4, 0.5) is 4.79 Å². The largest absolute Gasteiger partial charge is 0.497 e. The molecule has 3 aliphatic rings. The number of aliphatic hydroxyl groups excluding tert-OH is 1. The number of aromatic amines is 1. The van der Waals surface area contributed by atoms with Gasteiger partial charge in [0.15, 0.2) is 0 Å².